The largest absolute Gasteiger partial charge is 0.396 e. The fourth-order valence-electron chi connectivity index (χ4n) is 0.598. The average Bonchev–Trinajstić information content (AvgIpc) is 2.31. The number of hydrogen-bond donors (Lipinski definition) is 2. The molecule has 0 fully saturated rings. The molecule has 1 aromatic heterocycles. The van der Waals surface area contributed by atoms with E-state index in [4.69, 9.17) is 10.8 Å². The number of rotatable bonds is 3. The van der Waals surface area contributed by atoms with Crippen molar-refractivity contribution in [2.75, 3.05) is 12.3 Å². The van der Waals surface area contributed by atoms with Crippen LogP contribution in [-0.4, -0.2) is 21.9 Å². The van der Waals surface area contributed by atoms with E-state index in [-0.39, 0.29) is 6.61 Å². The molecule has 0 aliphatic heterocycles. The van der Waals surface area contributed by atoms with Crippen molar-refractivity contribution in [3.63, 3.8) is 0 Å². The molecule has 0 spiro atoms. The first-order valence-electron chi connectivity index (χ1n) is 3.01. The summed E-state index contributed by atoms with van der Waals surface area (Å²) < 4.78 is 0. The Labute approximate surface area is 62.7 Å². The molecular weight excluding hydrogens is 150 g/mol. The van der Waals surface area contributed by atoms with E-state index in [1.54, 1.807) is 0 Å². The van der Waals surface area contributed by atoms with Gasteiger partial charge in [-0.05, 0) is 6.42 Å². The minimum Gasteiger partial charge on any atom is -0.396 e. The maximum Gasteiger partial charge on any atom is 0.203 e. The van der Waals surface area contributed by atoms with Crippen molar-refractivity contribution in [2.24, 2.45) is 0 Å². The summed E-state index contributed by atoms with van der Waals surface area (Å²) >= 11 is 1.37. The second-order valence-corrected chi connectivity index (χ2v) is 2.95. The van der Waals surface area contributed by atoms with Crippen LogP contribution in [0.5, 0.6) is 0 Å². The summed E-state index contributed by atoms with van der Waals surface area (Å²) in [6.45, 7) is 0.194. The van der Waals surface area contributed by atoms with Crippen LogP contribution < -0.4 is 5.73 Å². The van der Waals surface area contributed by atoms with Gasteiger partial charge < -0.3 is 10.8 Å². The maximum atomic E-state index is 8.46. The number of nitrogens with two attached hydrogens (primary N) is 1. The van der Waals surface area contributed by atoms with Crippen LogP contribution in [0.1, 0.15) is 11.4 Å². The molecule has 0 atom stereocenters. The van der Waals surface area contributed by atoms with Gasteiger partial charge >= 0.3 is 0 Å². The van der Waals surface area contributed by atoms with Crippen LogP contribution >= 0.6 is 11.3 Å². The smallest absolute Gasteiger partial charge is 0.203 e. The van der Waals surface area contributed by atoms with Crippen LogP contribution in [0.2, 0.25) is 0 Å². The molecule has 0 saturated carbocycles. The van der Waals surface area contributed by atoms with Crippen LogP contribution in [0.4, 0.5) is 5.13 Å². The fraction of sp³-hybridized carbons (Fsp3) is 0.600. The third-order valence-electron chi connectivity index (χ3n) is 1.03. The van der Waals surface area contributed by atoms with Crippen molar-refractivity contribution in [1.29, 1.82) is 0 Å². The fourth-order valence-corrected chi connectivity index (χ4v) is 1.25. The number of aliphatic hydroxyl groups is 1. The van der Waals surface area contributed by atoms with Crippen molar-refractivity contribution >= 4 is 16.5 Å². The number of anilines is 1. The summed E-state index contributed by atoms with van der Waals surface area (Å²) in [5, 5.41) is 17.3. The van der Waals surface area contributed by atoms with Gasteiger partial charge in [0.2, 0.25) is 5.13 Å². The van der Waals surface area contributed by atoms with E-state index >= 15 is 0 Å². The van der Waals surface area contributed by atoms with Gasteiger partial charge in [-0.2, -0.15) is 0 Å². The molecule has 56 valence electrons. The summed E-state index contributed by atoms with van der Waals surface area (Å²) in [7, 11) is 0. The van der Waals surface area contributed by atoms with Crippen LogP contribution in [0, 0.1) is 0 Å². The molecule has 1 aromatic rings. The van der Waals surface area contributed by atoms with Gasteiger partial charge in [-0.3, -0.25) is 0 Å². The molecule has 0 radical (unpaired) electrons. The molecule has 0 amide bonds. The van der Waals surface area contributed by atoms with Gasteiger partial charge in [-0.25, -0.2) is 0 Å². The normalized spacial score (nSPS) is 10.1. The molecule has 10 heavy (non-hydrogen) atoms. The van der Waals surface area contributed by atoms with Gasteiger partial charge in [0.1, 0.15) is 5.01 Å². The van der Waals surface area contributed by atoms with Crippen LogP contribution in [0.15, 0.2) is 0 Å². The van der Waals surface area contributed by atoms with E-state index < -0.39 is 0 Å². The Hall–Kier alpha value is -0.680. The van der Waals surface area contributed by atoms with Gasteiger partial charge in [0.25, 0.3) is 0 Å². The highest BCUT2D eigenvalue weighted by atomic mass is 32.1. The minimum absolute atomic E-state index is 0.194. The van der Waals surface area contributed by atoms with Crippen molar-refractivity contribution < 1.29 is 5.11 Å². The SMILES string of the molecule is Nc1nnc(CCCO)s1. The second-order valence-electron chi connectivity index (χ2n) is 1.86. The quantitative estimate of drug-likeness (QED) is 0.653. The number of aromatic nitrogens is 2. The molecule has 1 heterocycles. The average molecular weight is 159 g/mol. The third kappa shape index (κ3) is 1.93. The maximum absolute atomic E-state index is 8.46. The molecular formula is C5H9N3OS. The van der Waals surface area contributed by atoms with E-state index in [1.807, 2.05) is 0 Å². The van der Waals surface area contributed by atoms with E-state index in [0.717, 1.165) is 17.8 Å². The Kier molecular flexibility index (Phi) is 2.58. The zero-order valence-electron chi connectivity index (χ0n) is 5.45. The van der Waals surface area contributed by atoms with Gasteiger partial charge in [-0.1, -0.05) is 11.3 Å². The highest BCUT2D eigenvalue weighted by Crippen LogP contribution is 2.11. The van der Waals surface area contributed by atoms with Gasteiger partial charge in [0.05, 0.1) is 0 Å². The summed E-state index contributed by atoms with van der Waals surface area (Å²) in [5.41, 5.74) is 5.33. The molecule has 4 nitrogen and oxygen atoms in total. The Morgan fingerprint density at radius 3 is 2.80 bits per heavy atom. The number of hydrogen-bond acceptors (Lipinski definition) is 5. The van der Waals surface area contributed by atoms with Gasteiger partial charge in [0, 0.05) is 13.0 Å². The molecule has 1 rings (SSSR count). The first-order chi connectivity index (χ1) is 4.83. The van der Waals surface area contributed by atoms with Crippen LogP contribution in [-0.2, 0) is 6.42 Å². The van der Waals surface area contributed by atoms with E-state index in [0.29, 0.717) is 5.13 Å². The molecule has 0 aromatic carbocycles. The van der Waals surface area contributed by atoms with Gasteiger partial charge in [0.15, 0.2) is 0 Å². The summed E-state index contributed by atoms with van der Waals surface area (Å²) in [6.07, 6.45) is 1.50. The van der Waals surface area contributed by atoms with E-state index in [9.17, 15) is 0 Å². The highest BCUT2D eigenvalue weighted by molar-refractivity contribution is 7.15. The lowest BCUT2D eigenvalue weighted by atomic mass is 10.3. The van der Waals surface area contributed by atoms with Crippen molar-refractivity contribution in [2.45, 2.75) is 12.8 Å². The van der Waals surface area contributed by atoms with Crippen molar-refractivity contribution in [3.05, 3.63) is 5.01 Å². The Morgan fingerprint density at radius 1 is 1.50 bits per heavy atom. The Bertz CT molecular complexity index is 201. The molecule has 0 aliphatic rings. The van der Waals surface area contributed by atoms with Crippen LogP contribution in [0.25, 0.3) is 0 Å². The molecule has 5 heteroatoms. The second kappa shape index (κ2) is 3.48. The van der Waals surface area contributed by atoms with Crippen molar-refractivity contribution in [3.8, 4) is 0 Å². The number of nitrogen functional groups attached to an aromatic ring is 1. The zero-order chi connectivity index (χ0) is 7.40. The van der Waals surface area contributed by atoms with E-state index in [2.05, 4.69) is 10.2 Å². The first kappa shape index (κ1) is 7.43. The number of aliphatic hydroxyl groups excluding tert-OH is 1. The lowest BCUT2D eigenvalue weighted by Gasteiger charge is -1.87. The molecule has 0 aliphatic carbocycles. The summed E-state index contributed by atoms with van der Waals surface area (Å²) in [4.78, 5) is 0. The minimum atomic E-state index is 0.194. The topological polar surface area (TPSA) is 72.0 Å². The molecule has 0 saturated heterocycles. The van der Waals surface area contributed by atoms with Crippen molar-refractivity contribution in [1.82, 2.24) is 10.2 Å². The third-order valence-corrected chi connectivity index (χ3v) is 1.84. The summed E-state index contributed by atoms with van der Waals surface area (Å²) in [5.74, 6) is 0. The van der Waals surface area contributed by atoms with E-state index in [1.165, 1.54) is 11.3 Å². The Morgan fingerprint density at radius 2 is 2.30 bits per heavy atom. The summed E-state index contributed by atoms with van der Waals surface area (Å²) in [6, 6.07) is 0. The Balaban J connectivity index is 2.42. The molecule has 0 bridgehead atoms. The predicted molar refractivity (Wildman–Crippen MR) is 39.7 cm³/mol. The molecule has 3 N–H and O–H groups in total. The first-order valence-corrected chi connectivity index (χ1v) is 3.83. The number of nitrogens with zero attached hydrogens (tertiary/aromatic N) is 2. The standard InChI is InChI=1S/C5H9N3OS/c6-5-8-7-4(10-5)2-1-3-9/h9H,1-3H2,(H2,6,8). The van der Waals surface area contributed by atoms with Crippen LogP contribution in [0.3, 0.4) is 0 Å². The monoisotopic (exact) mass is 159 g/mol. The highest BCUT2D eigenvalue weighted by Gasteiger charge is 1.98. The lowest BCUT2D eigenvalue weighted by molar-refractivity contribution is 0.288. The number of aryl methyl sites for hydroxylation is 1. The predicted octanol–water partition coefficient (Wildman–Crippen LogP) is 0.0452. The zero-order valence-corrected chi connectivity index (χ0v) is 6.27. The lowest BCUT2D eigenvalue weighted by Crippen LogP contribution is -1.87. The molecule has 0 unspecified atom stereocenters. The van der Waals surface area contributed by atoms with Gasteiger partial charge in [-0.15, -0.1) is 10.2 Å².